The molecule has 0 aliphatic carbocycles. The Labute approximate surface area is 169 Å². The van der Waals surface area contributed by atoms with Gasteiger partial charge in [-0.1, -0.05) is 12.1 Å². The SMILES string of the molecule is COc1cccc(CCNc2ncnc3sc(C(=O)N(C)C(C)C)c(C)c23)c1. The van der Waals surface area contributed by atoms with Gasteiger partial charge >= 0.3 is 0 Å². The minimum Gasteiger partial charge on any atom is -0.497 e. The summed E-state index contributed by atoms with van der Waals surface area (Å²) in [4.78, 5) is 24.9. The maximum absolute atomic E-state index is 12.8. The molecule has 0 radical (unpaired) electrons. The number of methoxy groups -OCH3 is 1. The van der Waals surface area contributed by atoms with Gasteiger partial charge in [-0.25, -0.2) is 9.97 Å². The average molecular weight is 399 g/mol. The molecule has 0 unspecified atom stereocenters. The molecule has 0 saturated heterocycles. The first-order chi connectivity index (χ1) is 13.4. The second kappa shape index (κ2) is 8.56. The van der Waals surface area contributed by atoms with Gasteiger partial charge in [-0.3, -0.25) is 4.79 Å². The Morgan fingerprint density at radius 3 is 2.82 bits per heavy atom. The van der Waals surface area contributed by atoms with Crippen molar-refractivity contribution in [3.8, 4) is 5.75 Å². The number of aromatic nitrogens is 2. The molecule has 3 rings (SSSR count). The van der Waals surface area contributed by atoms with Crippen LogP contribution in [0.5, 0.6) is 5.75 Å². The van der Waals surface area contributed by atoms with Crippen LogP contribution in [0.15, 0.2) is 30.6 Å². The maximum Gasteiger partial charge on any atom is 0.264 e. The van der Waals surface area contributed by atoms with Gasteiger partial charge in [0.1, 0.15) is 22.7 Å². The molecule has 0 atom stereocenters. The lowest BCUT2D eigenvalue weighted by Gasteiger charge is -2.20. The minimum atomic E-state index is 0.0258. The van der Waals surface area contributed by atoms with Crippen molar-refractivity contribution < 1.29 is 9.53 Å². The number of nitrogens with zero attached hydrogens (tertiary/aromatic N) is 3. The summed E-state index contributed by atoms with van der Waals surface area (Å²) in [6.45, 7) is 6.71. The fourth-order valence-corrected chi connectivity index (χ4v) is 4.09. The summed E-state index contributed by atoms with van der Waals surface area (Å²) in [5.41, 5.74) is 2.12. The number of ether oxygens (including phenoxy) is 1. The van der Waals surface area contributed by atoms with Gasteiger partial charge in [0.2, 0.25) is 0 Å². The minimum absolute atomic E-state index is 0.0258. The molecule has 2 aromatic heterocycles. The summed E-state index contributed by atoms with van der Waals surface area (Å²) >= 11 is 1.43. The number of anilines is 1. The van der Waals surface area contributed by atoms with Crippen LogP contribution in [0.25, 0.3) is 10.2 Å². The van der Waals surface area contributed by atoms with Crippen LogP contribution in [0.2, 0.25) is 0 Å². The second-order valence-corrected chi connectivity index (χ2v) is 8.00. The summed E-state index contributed by atoms with van der Waals surface area (Å²) in [6.07, 6.45) is 2.39. The highest BCUT2D eigenvalue weighted by atomic mass is 32.1. The van der Waals surface area contributed by atoms with Crippen molar-refractivity contribution in [2.24, 2.45) is 0 Å². The fraction of sp³-hybridized carbons (Fsp3) is 0.381. The molecule has 28 heavy (non-hydrogen) atoms. The van der Waals surface area contributed by atoms with Crippen molar-refractivity contribution in [3.63, 3.8) is 0 Å². The quantitative estimate of drug-likeness (QED) is 0.648. The zero-order valence-corrected chi connectivity index (χ0v) is 17.8. The Kier molecular flexibility index (Phi) is 6.14. The number of rotatable bonds is 7. The third-order valence-corrected chi connectivity index (χ3v) is 6.04. The zero-order chi connectivity index (χ0) is 20.3. The molecule has 1 aromatic carbocycles. The van der Waals surface area contributed by atoms with E-state index in [0.717, 1.165) is 45.2 Å². The highest BCUT2D eigenvalue weighted by molar-refractivity contribution is 7.20. The van der Waals surface area contributed by atoms with E-state index in [4.69, 9.17) is 4.74 Å². The number of hydrogen-bond donors (Lipinski definition) is 1. The lowest BCUT2D eigenvalue weighted by molar-refractivity contribution is 0.0759. The standard InChI is InChI=1S/C21H26N4O2S/c1-13(2)25(4)21(26)18-14(3)17-19(23-12-24-20(17)28-18)22-10-9-15-7-6-8-16(11-15)27-5/h6-8,11-13H,9-10H2,1-5H3,(H,22,23,24). The number of benzene rings is 1. The van der Waals surface area contributed by atoms with Crippen molar-refractivity contribution in [2.75, 3.05) is 26.0 Å². The summed E-state index contributed by atoms with van der Waals surface area (Å²) in [5.74, 6) is 1.65. The van der Waals surface area contributed by atoms with Crippen molar-refractivity contribution in [2.45, 2.75) is 33.2 Å². The third-order valence-electron chi connectivity index (χ3n) is 4.86. The molecule has 0 fully saturated rings. The van der Waals surface area contributed by atoms with Gasteiger partial charge in [-0.05, 0) is 50.5 Å². The smallest absolute Gasteiger partial charge is 0.264 e. The molecule has 0 bridgehead atoms. The van der Waals surface area contributed by atoms with Gasteiger partial charge in [0.25, 0.3) is 5.91 Å². The van der Waals surface area contributed by atoms with Gasteiger partial charge < -0.3 is 15.0 Å². The van der Waals surface area contributed by atoms with Gasteiger partial charge in [-0.15, -0.1) is 11.3 Å². The number of carbonyl (C=O) groups is 1. The van der Waals surface area contributed by atoms with Crippen molar-refractivity contribution in [1.82, 2.24) is 14.9 Å². The Morgan fingerprint density at radius 2 is 2.11 bits per heavy atom. The average Bonchev–Trinajstić information content (AvgIpc) is 3.04. The van der Waals surface area contributed by atoms with E-state index in [1.165, 1.54) is 16.9 Å². The van der Waals surface area contributed by atoms with Crippen LogP contribution in [-0.4, -0.2) is 47.5 Å². The van der Waals surface area contributed by atoms with Gasteiger partial charge in [0.15, 0.2) is 0 Å². The molecule has 0 saturated carbocycles. The summed E-state index contributed by atoms with van der Waals surface area (Å²) in [7, 11) is 3.50. The first-order valence-electron chi connectivity index (χ1n) is 9.30. The molecular formula is C21H26N4O2S. The van der Waals surface area contributed by atoms with Crippen molar-refractivity contribution in [1.29, 1.82) is 0 Å². The van der Waals surface area contributed by atoms with Crippen molar-refractivity contribution in [3.05, 3.63) is 46.6 Å². The van der Waals surface area contributed by atoms with Crippen LogP contribution in [0, 0.1) is 6.92 Å². The number of amides is 1. The summed E-state index contributed by atoms with van der Waals surface area (Å²) in [5, 5.41) is 4.34. The van der Waals surface area contributed by atoms with E-state index in [1.807, 2.05) is 46.0 Å². The number of hydrogen-bond acceptors (Lipinski definition) is 6. The number of carbonyl (C=O) groups excluding carboxylic acids is 1. The van der Waals surface area contributed by atoms with Crippen LogP contribution in [0.4, 0.5) is 5.82 Å². The number of thiophene rings is 1. The van der Waals surface area contributed by atoms with E-state index >= 15 is 0 Å². The topological polar surface area (TPSA) is 67.3 Å². The molecule has 0 aliphatic rings. The first-order valence-corrected chi connectivity index (χ1v) is 10.1. The predicted molar refractivity (Wildman–Crippen MR) is 115 cm³/mol. The largest absolute Gasteiger partial charge is 0.497 e. The summed E-state index contributed by atoms with van der Waals surface area (Å²) < 4.78 is 5.28. The molecule has 6 nitrogen and oxygen atoms in total. The van der Waals surface area contributed by atoms with E-state index in [9.17, 15) is 4.79 Å². The van der Waals surface area contributed by atoms with Crippen molar-refractivity contribution >= 4 is 33.3 Å². The Hall–Kier alpha value is -2.67. The lowest BCUT2D eigenvalue weighted by atomic mass is 10.1. The van der Waals surface area contributed by atoms with E-state index in [-0.39, 0.29) is 11.9 Å². The van der Waals surface area contributed by atoms with Crippen LogP contribution >= 0.6 is 11.3 Å². The Morgan fingerprint density at radius 1 is 1.32 bits per heavy atom. The van der Waals surface area contributed by atoms with Gasteiger partial charge in [0.05, 0.1) is 17.4 Å². The van der Waals surface area contributed by atoms with Gasteiger partial charge in [-0.2, -0.15) is 0 Å². The molecule has 3 aromatic rings. The summed E-state index contributed by atoms with van der Waals surface area (Å²) in [6, 6.07) is 8.18. The molecular weight excluding hydrogens is 372 g/mol. The van der Waals surface area contributed by atoms with E-state index < -0.39 is 0 Å². The number of nitrogens with one attached hydrogen (secondary N) is 1. The maximum atomic E-state index is 12.8. The number of fused-ring (bicyclic) bond motifs is 1. The van der Waals surface area contributed by atoms with E-state index in [1.54, 1.807) is 18.3 Å². The molecule has 148 valence electrons. The van der Waals surface area contributed by atoms with Gasteiger partial charge in [0, 0.05) is 19.6 Å². The molecule has 2 heterocycles. The van der Waals surface area contributed by atoms with Crippen LogP contribution in [-0.2, 0) is 6.42 Å². The highest BCUT2D eigenvalue weighted by Gasteiger charge is 2.22. The normalized spacial score (nSPS) is 11.1. The Bertz CT molecular complexity index is 984. The lowest BCUT2D eigenvalue weighted by Crippen LogP contribution is -2.32. The first kappa shape index (κ1) is 20.1. The number of aryl methyl sites for hydroxylation is 1. The fourth-order valence-electron chi connectivity index (χ4n) is 2.96. The van der Waals surface area contributed by atoms with Crippen LogP contribution in [0.1, 0.15) is 34.6 Å². The van der Waals surface area contributed by atoms with E-state index in [0.29, 0.717) is 0 Å². The van der Waals surface area contributed by atoms with Crippen LogP contribution in [0.3, 0.4) is 0 Å². The highest BCUT2D eigenvalue weighted by Crippen LogP contribution is 2.34. The van der Waals surface area contributed by atoms with Crippen LogP contribution < -0.4 is 10.1 Å². The molecule has 0 spiro atoms. The van der Waals surface area contributed by atoms with E-state index in [2.05, 4.69) is 21.4 Å². The molecule has 1 amide bonds. The predicted octanol–water partition coefficient (Wildman–Crippen LogP) is 4.14. The Balaban J connectivity index is 1.81. The zero-order valence-electron chi connectivity index (χ0n) is 16.9. The molecule has 0 aliphatic heterocycles. The second-order valence-electron chi connectivity index (χ2n) is 7.00. The third kappa shape index (κ3) is 4.09. The molecule has 7 heteroatoms. The monoisotopic (exact) mass is 398 g/mol. The molecule has 1 N–H and O–H groups in total.